The van der Waals surface area contributed by atoms with Gasteiger partial charge in [0.25, 0.3) is 17.5 Å². The minimum atomic E-state index is -0.713. The fraction of sp³-hybridized carbons (Fsp3) is 0.400. The van der Waals surface area contributed by atoms with Crippen LogP contribution in [0, 0.1) is 10.1 Å². The van der Waals surface area contributed by atoms with Gasteiger partial charge in [-0.25, -0.2) is 0 Å². The number of benzene rings is 1. The second kappa shape index (κ2) is 8.43. The molecule has 0 unspecified atom stereocenters. The Morgan fingerprint density at radius 3 is 2.68 bits per heavy atom. The van der Waals surface area contributed by atoms with Gasteiger partial charge in [-0.3, -0.25) is 35.3 Å². The lowest BCUT2D eigenvalue weighted by atomic mass is 10.2. The van der Waals surface area contributed by atoms with Gasteiger partial charge in [0.1, 0.15) is 6.54 Å². The van der Waals surface area contributed by atoms with Crippen molar-refractivity contribution in [1.29, 1.82) is 0 Å². The van der Waals surface area contributed by atoms with Crippen LogP contribution in [0.15, 0.2) is 18.2 Å². The number of hydrogen-bond acceptors (Lipinski definition) is 5. The molecule has 10 heteroatoms. The van der Waals surface area contributed by atoms with Crippen molar-refractivity contribution in [1.82, 2.24) is 15.8 Å². The van der Waals surface area contributed by atoms with Crippen LogP contribution >= 0.6 is 11.6 Å². The summed E-state index contributed by atoms with van der Waals surface area (Å²) in [6.07, 6.45) is 3.01. The quantitative estimate of drug-likeness (QED) is 0.614. The Morgan fingerprint density at radius 2 is 2.00 bits per heavy atom. The molecule has 1 aliphatic rings. The van der Waals surface area contributed by atoms with E-state index in [0.29, 0.717) is 13.0 Å². The molecule has 134 valence electrons. The Balaban J connectivity index is 1.89. The van der Waals surface area contributed by atoms with E-state index < -0.39 is 16.7 Å². The topological polar surface area (TPSA) is 122 Å². The average Bonchev–Trinajstić information content (AvgIpc) is 2.77. The maximum absolute atomic E-state index is 12.0. The molecular weight excluding hydrogens is 352 g/mol. The molecule has 0 spiro atoms. The normalized spacial score (nSPS) is 14.6. The van der Waals surface area contributed by atoms with Gasteiger partial charge in [0.2, 0.25) is 5.91 Å². The number of nitro groups is 1. The van der Waals surface area contributed by atoms with E-state index in [1.54, 1.807) is 0 Å². The van der Waals surface area contributed by atoms with E-state index in [4.69, 9.17) is 11.6 Å². The van der Waals surface area contributed by atoms with Crippen LogP contribution in [0.25, 0.3) is 0 Å². The molecule has 1 saturated heterocycles. The summed E-state index contributed by atoms with van der Waals surface area (Å²) in [6.45, 7) is 0.363. The largest absolute Gasteiger partial charge is 0.333 e. The van der Waals surface area contributed by atoms with Crippen LogP contribution < -0.4 is 10.9 Å². The summed E-state index contributed by atoms with van der Waals surface area (Å²) in [7, 11) is 0. The summed E-state index contributed by atoms with van der Waals surface area (Å²) < 4.78 is 0. The second-order valence-corrected chi connectivity index (χ2v) is 5.96. The van der Waals surface area contributed by atoms with Crippen molar-refractivity contribution in [2.24, 2.45) is 0 Å². The van der Waals surface area contributed by atoms with Gasteiger partial charge in [0.05, 0.1) is 15.5 Å². The first-order valence-electron chi connectivity index (χ1n) is 7.69. The van der Waals surface area contributed by atoms with E-state index in [-0.39, 0.29) is 28.7 Å². The number of nitrogens with zero attached hydrogens (tertiary/aromatic N) is 2. The Hall–Kier alpha value is -2.68. The molecule has 2 N–H and O–H groups in total. The van der Waals surface area contributed by atoms with Crippen molar-refractivity contribution in [3.05, 3.63) is 38.9 Å². The van der Waals surface area contributed by atoms with Crippen molar-refractivity contribution < 1.29 is 19.3 Å². The summed E-state index contributed by atoms with van der Waals surface area (Å²) in [6, 6.07) is 3.38. The van der Waals surface area contributed by atoms with Crippen molar-refractivity contribution in [2.75, 3.05) is 13.1 Å². The highest BCUT2D eigenvalue weighted by atomic mass is 35.5. The van der Waals surface area contributed by atoms with Crippen LogP contribution in [0.2, 0.25) is 5.02 Å². The Labute approximate surface area is 148 Å². The van der Waals surface area contributed by atoms with E-state index in [1.165, 1.54) is 11.0 Å². The lowest BCUT2D eigenvalue weighted by Crippen LogP contribution is -2.47. The van der Waals surface area contributed by atoms with Crippen molar-refractivity contribution in [3.63, 3.8) is 0 Å². The summed E-state index contributed by atoms with van der Waals surface area (Å²) >= 11 is 5.85. The summed E-state index contributed by atoms with van der Waals surface area (Å²) in [4.78, 5) is 47.2. The molecule has 1 heterocycles. The molecule has 0 aromatic heterocycles. The van der Waals surface area contributed by atoms with Crippen LogP contribution in [-0.2, 0) is 9.59 Å². The molecule has 0 aliphatic carbocycles. The molecule has 25 heavy (non-hydrogen) atoms. The monoisotopic (exact) mass is 368 g/mol. The summed E-state index contributed by atoms with van der Waals surface area (Å²) in [5.41, 5.74) is 4.13. The van der Waals surface area contributed by atoms with Crippen molar-refractivity contribution >= 4 is 35.0 Å². The van der Waals surface area contributed by atoms with E-state index in [9.17, 15) is 24.5 Å². The van der Waals surface area contributed by atoms with Crippen LogP contribution in [-0.4, -0.2) is 40.6 Å². The lowest BCUT2D eigenvalue weighted by Gasteiger charge is -2.19. The number of likely N-dealkylation sites (tertiary alicyclic amines) is 1. The van der Waals surface area contributed by atoms with Gasteiger partial charge >= 0.3 is 0 Å². The molecule has 0 radical (unpaired) electrons. The third kappa shape index (κ3) is 5.15. The number of carbonyl (C=O) groups excluding carboxylic acids is 3. The number of nitrogens with one attached hydrogen (secondary N) is 2. The van der Waals surface area contributed by atoms with Gasteiger partial charge in [-0.05, 0) is 18.9 Å². The molecule has 1 aromatic rings. The van der Waals surface area contributed by atoms with Gasteiger partial charge in [0.15, 0.2) is 0 Å². The SMILES string of the molecule is O=C(CN1CCCCCC1=O)NNC(=O)c1ccc([N+](=O)[O-])cc1Cl. The number of halogens is 1. The van der Waals surface area contributed by atoms with Gasteiger partial charge in [-0.1, -0.05) is 18.0 Å². The average molecular weight is 369 g/mol. The number of amides is 3. The molecule has 1 aromatic carbocycles. The predicted octanol–water partition coefficient (Wildman–Crippen LogP) is 1.41. The highest BCUT2D eigenvalue weighted by Gasteiger charge is 2.20. The Kier molecular flexibility index (Phi) is 6.29. The number of nitro benzene ring substituents is 1. The van der Waals surface area contributed by atoms with E-state index in [1.807, 2.05) is 0 Å². The minimum absolute atomic E-state index is 0.0154. The summed E-state index contributed by atoms with van der Waals surface area (Å²) in [5, 5.41) is 10.5. The Morgan fingerprint density at radius 1 is 1.24 bits per heavy atom. The highest BCUT2D eigenvalue weighted by Crippen LogP contribution is 2.22. The van der Waals surface area contributed by atoms with E-state index in [2.05, 4.69) is 10.9 Å². The Bertz CT molecular complexity index is 709. The van der Waals surface area contributed by atoms with E-state index >= 15 is 0 Å². The minimum Gasteiger partial charge on any atom is -0.333 e. The molecule has 1 aliphatic heterocycles. The van der Waals surface area contributed by atoms with Crippen LogP contribution in [0.5, 0.6) is 0 Å². The first kappa shape index (κ1) is 18.7. The van der Waals surface area contributed by atoms with Crippen LogP contribution in [0.3, 0.4) is 0 Å². The fourth-order valence-electron chi connectivity index (χ4n) is 2.41. The molecular formula is C15H17ClN4O5. The van der Waals surface area contributed by atoms with Crippen LogP contribution in [0.1, 0.15) is 36.0 Å². The zero-order chi connectivity index (χ0) is 18.4. The third-order valence-corrected chi connectivity index (χ3v) is 4.04. The van der Waals surface area contributed by atoms with Gasteiger partial charge in [0, 0.05) is 25.1 Å². The number of carbonyl (C=O) groups is 3. The standard InChI is InChI=1S/C15H17ClN4O5/c16-12-8-10(20(24)25)5-6-11(12)15(23)18-17-13(21)9-19-7-3-1-2-4-14(19)22/h5-6,8H,1-4,7,9H2,(H,17,21)(H,18,23). The third-order valence-electron chi connectivity index (χ3n) is 3.73. The zero-order valence-electron chi connectivity index (χ0n) is 13.3. The second-order valence-electron chi connectivity index (χ2n) is 5.55. The fourth-order valence-corrected chi connectivity index (χ4v) is 2.67. The van der Waals surface area contributed by atoms with Crippen LogP contribution in [0.4, 0.5) is 5.69 Å². The molecule has 0 atom stereocenters. The predicted molar refractivity (Wildman–Crippen MR) is 88.8 cm³/mol. The van der Waals surface area contributed by atoms with Gasteiger partial charge < -0.3 is 4.90 Å². The molecule has 9 nitrogen and oxygen atoms in total. The summed E-state index contributed by atoms with van der Waals surface area (Å²) in [5.74, 6) is -1.34. The molecule has 0 saturated carbocycles. The van der Waals surface area contributed by atoms with Gasteiger partial charge in [-0.2, -0.15) is 0 Å². The van der Waals surface area contributed by atoms with E-state index in [0.717, 1.165) is 31.4 Å². The lowest BCUT2D eigenvalue weighted by molar-refractivity contribution is -0.384. The number of hydrazine groups is 1. The molecule has 0 bridgehead atoms. The van der Waals surface area contributed by atoms with Crippen molar-refractivity contribution in [2.45, 2.75) is 25.7 Å². The number of hydrogen-bond donors (Lipinski definition) is 2. The smallest absolute Gasteiger partial charge is 0.271 e. The molecule has 2 rings (SSSR count). The zero-order valence-corrected chi connectivity index (χ0v) is 14.0. The van der Waals surface area contributed by atoms with Crippen molar-refractivity contribution in [3.8, 4) is 0 Å². The number of non-ortho nitro benzene ring substituents is 1. The van der Waals surface area contributed by atoms with Gasteiger partial charge in [-0.15, -0.1) is 0 Å². The first-order chi connectivity index (χ1) is 11.9. The maximum atomic E-state index is 12.0. The first-order valence-corrected chi connectivity index (χ1v) is 8.07. The number of rotatable bonds is 4. The molecule has 1 fully saturated rings. The molecule has 3 amide bonds. The highest BCUT2D eigenvalue weighted by molar-refractivity contribution is 6.34. The maximum Gasteiger partial charge on any atom is 0.271 e.